The van der Waals surface area contributed by atoms with Gasteiger partial charge in [-0.05, 0) is 0 Å². The van der Waals surface area contributed by atoms with Crippen molar-refractivity contribution >= 4 is 35.7 Å². The molecule has 2 rings (SSSR count). The lowest BCUT2D eigenvalue weighted by atomic mass is 10.2. The molecular weight excluding hydrogens is 176 g/mol. The molecule has 0 bridgehead atoms. The monoisotopic (exact) mass is 182 g/mol. The van der Waals surface area contributed by atoms with Crippen molar-refractivity contribution in [2.45, 2.75) is 5.79 Å². The highest BCUT2D eigenvalue weighted by atomic mass is 32.1. The van der Waals surface area contributed by atoms with Crippen molar-refractivity contribution in [1.29, 1.82) is 0 Å². The molecule has 7 heteroatoms. The smallest absolute Gasteiger partial charge is 0.253 e. The van der Waals surface area contributed by atoms with Crippen molar-refractivity contribution in [3.63, 3.8) is 0 Å². The van der Waals surface area contributed by atoms with Gasteiger partial charge in [-0.15, -0.1) is 12.6 Å². The normalized spacial score (nSPS) is 32.3. The van der Waals surface area contributed by atoms with E-state index in [1.54, 1.807) is 0 Å². The van der Waals surface area contributed by atoms with Gasteiger partial charge in [0, 0.05) is 0 Å². The van der Waals surface area contributed by atoms with Crippen LogP contribution in [0.2, 0.25) is 0 Å². The van der Waals surface area contributed by atoms with Crippen LogP contribution in [0.3, 0.4) is 0 Å². The van der Waals surface area contributed by atoms with Crippen molar-refractivity contribution < 1.29 is 0 Å². The van der Waals surface area contributed by atoms with E-state index in [1.807, 2.05) is 0 Å². The van der Waals surface area contributed by atoms with Gasteiger partial charge in [-0.3, -0.25) is 5.73 Å². The van der Waals surface area contributed by atoms with Crippen molar-refractivity contribution in [3.8, 4) is 0 Å². The van der Waals surface area contributed by atoms with Crippen LogP contribution in [0.5, 0.6) is 0 Å². The predicted molar refractivity (Wildman–Crippen MR) is 50.9 cm³/mol. The third-order valence-corrected chi connectivity index (χ3v) is 1.67. The molecule has 0 aliphatic carbocycles. The molecule has 0 aromatic carbocycles. The third-order valence-electron chi connectivity index (χ3n) is 1.47. The Morgan fingerprint density at radius 3 is 2.92 bits per heavy atom. The second-order valence-electron chi connectivity index (χ2n) is 2.36. The Morgan fingerprint density at radius 1 is 1.42 bits per heavy atom. The van der Waals surface area contributed by atoms with E-state index < -0.39 is 5.79 Å². The van der Waals surface area contributed by atoms with Gasteiger partial charge >= 0.3 is 0 Å². The minimum atomic E-state index is -1.19. The second kappa shape index (κ2) is 2.14. The summed E-state index contributed by atoms with van der Waals surface area (Å²) in [5, 5.41) is 0.289. The van der Waals surface area contributed by atoms with Gasteiger partial charge in [0.05, 0.1) is 6.21 Å². The summed E-state index contributed by atoms with van der Waals surface area (Å²) < 4.78 is 0. The molecule has 0 aromatic heterocycles. The van der Waals surface area contributed by atoms with Gasteiger partial charge in [0.1, 0.15) is 5.71 Å². The second-order valence-corrected chi connectivity index (χ2v) is 2.76. The van der Waals surface area contributed by atoms with Crippen molar-refractivity contribution in [2.75, 3.05) is 0 Å². The molecule has 1 unspecified atom stereocenters. The van der Waals surface area contributed by atoms with Crippen LogP contribution >= 0.6 is 12.6 Å². The molecule has 0 saturated carbocycles. The number of fused-ring (bicyclic) bond motifs is 1. The Hall–Kier alpha value is -1.21. The van der Waals surface area contributed by atoms with Gasteiger partial charge in [0.15, 0.2) is 5.17 Å². The number of guanidine groups is 1. The third kappa shape index (κ3) is 0.942. The van der Waals surface area contributed by atoms with Gasteiger partial charge in [0.2, 0.25) is 5.96 Å². The number of aliphatic imine (C=N–C) groups is 4. The first-order chi connectivity index (χ1) is 5.60. The topological polar surface area (TPSA) is 101 Å². The number of rotatable bonds is 0. The van der Waals surface area contributed by atoms with Crippen molar-refractivity contribution in [2.24, 2.45) is 31.4 Å². The van der Waals surface area contributed by atoms with E-state index in [1.165, 1.54) is 6.21 Å². The van der Waals surface area contributed by atoms with Gasteiger partial charge in [-0.2, -0.15) is 4.99 Å². The zero-order chi connectivity index (χ0) is 8.77. The van der Waals surface area contributed by atoms with Crippen LogP contribution in [0.4, 0.5) is 0 Å². The SMILES string of the molecule is NC1=NC2(N)N=C(S)N=C2C=N1. The summed E-state index contributed by atoms with van der Waals surface area (Å²) in [7, 11) is 0. The van der Waals surface area contributed by atoms with Crippen molar-refractivity contribution in [1.82, 2.24) is 0 Å². The molecule has 12 heavy (non-hydrogen) atoms. The van der Waals surface area contributed by atoms with E-state index in [-0.39, 0.29) is 11.1 Å². The molecule has 1 atom stereocenters. The fourth-order valence-electron chi connectivity index (χ4n) is 0.962. The van der Waals surface area contributed by atoms with E-state index in [2.05, 4.69) is 32.6 Å². The number of hydrogen-bond acceptors (Lipinski definition) is 6. The Kier molecular flexibility index (Phi) is 1.33. The van der Waals surface area contributed by atoms with Gasteiger partial charge in [0.25, 0.3) is 5.79 Å². The lowest BCUT2D eigenvalue weighted by Crippen LogP contribution is -2.46. The number of amidine groups is 1. The molecule has 2 aliphatic rings. The molecule has 6 nitrogen and oxygen atoms in total. The molecule has 0 saturated heterocycles. The van der Waals surface area contributed by atoms with E-state index in [0.29, 0.717) is 5.71 Å². The first kappa shape index (κ1) is 7.44. The lowest BCUT2D eigenvalue weighted by molar-refractivity contribution is 0.645. The zero-order valence-corrected chi connectivity index (χ0v) is 6.86. The fraction of sp³-hybridized carbons (Fsp3) is 0.200. The van der Waals surface area contributed by atoms with E-state index >= 15 is 0 Å². The summed E-state index contributed by atoms with van der Waals surface area (Å²) in [6.07, 6.45) is 1.44. The average molecular weight is 182 g/mol. The summed E-state index contributed by atoms with van der Waals surface area (Å²) in [6, 6.07) is 0. The quantitative estimate of drug-likeness (QED) is 0.407. The highest BCUT2D eigenvalue weighted by molar-refractivity contribution is 7.97. The minimum Gasteiger partial charge on any atom is -0.368 e. The summed E-state index contributed by atoms with van der Waals surface area (Å²) in [4.78, 5) is 15.4. The van der Waals surface area contributed by atoms with Crippen LogP contribution in [0, 0.1) is 0 Å². The highest BCUT2D eigenvalue weighted by Gasteiger charge is 2.36. The first-order valence-electron chi connectivity index (χ1n) is 3.16. The Morgan fingerprint density at radius 2 is 2.17 bits per heavy atom. The zero-order valence-electron chi connectivity index (χ0n) is 5.97. The molecule has 0 aromatic rings. The van der Waals surface area contributed by atoms with Crippen LogP contribution in [0.25, 0.3) is 0 Å². The summed E-state index contributed by atoms with van der Waals surface area (Å²) in [5.74, 6) is -1.09. The Bertz CT molecular complexity index is 353. The fourth-order valence-corrected chi connectivity index (χ4v) is 1.22. The molecule has 62 valence electrons. The molecular formula is C5H6N6S. The average Bonchev–Trinajstić information content (AvgIpc) is 2.22. The van der Waals surface area contributed by atoms with Crippen LogP contribution in [-0.4, -0.2) is 28.8 Å². The molecule has 4 N–H and O–H groups in total. The van der Waals surface area contributed by atoms with Crippen molar-refractivity contribution in [3.05, 3.63) is 0 Å². The van der Waals surface area contributed by atoms with Crippen LogP contribution in [0.15, 0.2) is 20.0 Å². The van der Waals surface area contributed by atoms with Crippen LogP contribution in [0.1, 0.15) is 0 Å². The van der Waals surface area contributed by atoms with E-state index in [0.717, 1.165) is 0 Å². The molecule has 2 aliphatic heterocycles. The molecule has 0 fully saturated rings. The number of thiol groups is 1. The minimum absolute atomic E-state index is 0.100. The largest absolute Gasteiger partial charge is 0.368 e. The van der Waals surface area contributed by atoms with Gasteiger partial charge in [-0.1, -0.05) is 0 Å². The highest BCUT2D eigenvalue weighted by Crippen LogP contribution is 2.18. The van der Waals surface area contributed by atoms with Gasteiger partial charge in [-0.25, -0.2) is 15.0 Å². The number of hydrogen-bond donors (Lipinski definition) is 3. The van der Waals surface area contributed by atoms with E-state index in [4.69, 9.17) is 11.5 Å². The maximum atomic E-state index is 5.72. The van der Waals surface area contributed by atoms with E-state index in [9.17, 15) is 0 Å². The maximum absolute atomic E-state index is 5.72. The van der Waals surface area contributed by atoms with Gasteiger partial charge < -0.3 is 5.73 Å². The number of nitrogens with zero attached hydrogens (tertiary/aromatic N) is 4. The first-order valence-corrected chi connectivity index (χ1v) is 3.61. The summed E-state index contributed by atoms with van der Waals surface area (Å²) >= 11 is 3.94. The standard InChI is InChI=1S/C5H6N6S/c6-3-8-1-2-5(7,10-3)11-4(12)9-2/h1H,7H2,(H2,6,10)(H,11,12). The van der Waals surface area contributed by atoms with Crippen LogP contribution < -0.4 is 11.5 Å². The number of nitrogens with two attached hydrogens (primary N) is 2. The molecule has 2 heterocycles. The molecule has 0 amide bonds. The molecule has 0 spiro atoms. The summed E-state index contributed by atoms with van der Waals surface area (Å²) in [6.45, 7) is 0. The Labute approximate surface area is 73.6 Å². The van der Waals surface area contributed by atoms with Crippen LogP contribution in [-0.2, 0) is 0 Å². The Balaban J connectivity index is 2.52. The maximum Gasteiger partial charge on any atom is 0.253 e. The molecule has 0 radical (unpaired) electrons. The lowest BCUT2D eigenvalue weighted by Gasteiger charge is -2.17. The summed E-state index contributed by atoms with van der Waals surface area (Å²) in [5.41, 5.74) is 11.5. The predicted octanol–water partition coefficient (Wildman–Crippen LogP) is -1.26.